The molecule has 2 N–H and O–H groups in total. The lowest BCUT2D eigenvalue weighted by Crippen LogP contribution is -2.48. The van der Waals surface area contributed by atoms with Gasteiger partial charge in [0.2, 0.25) is 5.95 Å². The van der Waals surface area contributed by atoms with Gasteiger partial charge in [-0.25, -0.2) is 9.97 Å². The van der Waals surface area contributed by atoms with Crippen molar-refractivity contribution >= 4 is 17.3 Å². The highest BCUT2D eigenvalue weighted by Crippen LogP contribution is 2.33. The first-order valence-corrected chi connectivity index (χ1v) is 9.86. The largest absolute Gasteiger partial charge is 0.384 e. The van der Waals surface area contributed by atoms with Gasteiger partial charge in [0.15, 0.2) is 0 Å². The molecular weight excluding hydrogens is 354 g/mol. The molecule has 1 saturated heterocycles. The van der Waals surface area contributed by atoms with Crippen molar-refractivity contribution in [2.75, 3.05) is 5.32 Å². The molecule has 6 heteroatoms. The summed E-state index contributed by atoms with van der Waals surface area (Å²) in [4.78, 5) is 15.7. The lowest BCUT2D eigenvalue weighted by molar-refractivity contribution is 0.324. The summed E-state index contributed by atoms with van der Waals surface area (Å²) in [7, 11) is 0. The highest BCUT2D eigenvalue weighted by Gasteiger charge is 2.29. The minimum Gasteiger partial charge on any atom is -0.384 e. The molecule has 0 bridgehead atoms. The maximum atomic E-state index is 4.74. The van der Waals surface area contributed by atoms with Crippen LogP contribution in [0.2, 0.25) is 0 Å². The number of piperidine rings is 1. The first-order valence-electron chi connectivity index (χ1n) is 9.05. The fourth-order valence-electron chi connectivity index (χ4n) is 3.56. The summed E-state index contributed by atoms with van der Waals surface area (Å²) in [5, 5.41) is 6.94. The second-order valence-electron chi connectivity index (χ2n) is 7.53. The Labute approximate surface area is 163 Å². The van der Waals surface area contributed by atoms with E-state index in [-0.39, 0.29) is 11.6 Å². The molecule has 4 heterocycles. The number of pyridine rings is 1. The Morgan fingerprint density at radius 1 is 1.19 bits per heavy atom. The van der Waals surface area contributed by atoms with Gasteiger partial charge >= 0.3 is 0 Å². The normalized spacial score (nSPS) is 18.7. The number of rotatable bonds is 4. The Morgan fingerprint density at radius 3 is 2.81 bits per heavy atom. The van der Waals surface area contributed by atoms with E-state index < -0.39 is 0 Å². The molecule has 1 unspecified atom stereocenters. The van der Waals surface area contributed by atoms with E-state index in [0.717, 1.165) is 34.7 Å². The molecule has 5 nitrogen and oxygen atoms in total. The first-order chi connectivity index (χ1) is 13.0. The Morgan fingerprint density at radius 2 is 2.04 bits per heavy atom. The standard InChI is InChI=1S/C21H23N5S/c1-14-11-16(12-21(2,3)26-14)24-20-23-10-8-17(25-20)19-7-6-18(27-19)15-5-4-9-22-13-15/h4-10,13,16,26H,1,11-12H2,2-3H3,(H,23,24,25). The van der Waals surface area contributed by atoms with Crippen LogP contribution >= 0.6 is 11.3 Å². The third-order valence-corrected chi connectivity index (χ3v) is 5.71. The van der Waals surface area contributed by atoms with Gasteiger partial charge in [0.05, 0.1) is 10.6 Å². The minimum atomic E-state index is 0.0248. The maximum Gasteiger partial charge on any atom is 0.223 e. The van der Waals surface area contributed by atoms with Crippen LogP contribution in [0.3, 0.4) is 0 Å². The highest BCUT2D eigenvalue weighted by atomic mass is 32.1. The number of nitrogens with one attached hydrogen (secondary N) is 2. The summed E-state index contributed by atoms with van der Waals surface area (Å²) >= 11 is 1.71. The average molecular weight is 378 g/mol. The van der Waals surface area contributed by atoms with Crippen LogP contribution in [0.5, 0.6) is 0 Å². The fourth-order valence-corrected chi connectivity index (χ4v) is 4.52. The van der Waals surface area contributed by atoms with Crippen LogP contribution in [0, 0.1) is 0 Å². The average Bonchev–Trinajstić information content (AvgIpc) is 3.11. The third-order valence-electron chi connectivity index (χ3n) is 4.56. The summed E-state index contributed by atoms with van der Waals surface area (Å²) < 4.78 is 0. The third kappa shape index (κ3) is 4.17. The quantitative estimate of drug-likeness (QED) is 0.689. The molecule has 0 aliphatic carbocycles. The Hall–Kier alpha value is -2.73. The SMILES string of the molecule is C=C1CC(Nc2nccc(-c3ccc(-c4cccnc4)s3)n2)CC(C)(C)N1. The predicted molar refractivity (Wildman–Crippen MR) is 112 cm³/mol. The summed E-state index contributed by atoms with van der Waals surface area (Å²) in [5.74, 6) is 0.666. The molecular formula is C21H23N5S. The van der Waals surface area contributed by atoms with Crippen molar-refractivity contribution in [3.05, 3.63) is 61.2 Å². The Balaban J connectivity index is 1.53. The zero-order chi connectivity index (χ0) is 18.9. The summed E-state index contributed by atoms with van der Waals surface area (Å²) in [5.41, 5.74) is 3.13. The summed E-state index contributed by atoms with van der Waals surface area (Å²) in [6.07, 6.45) is 7.35. The highest BCUT2D eigenvalue weighted by molar-refractivity contribution is 7.18. The molecule has 0 saturated carbocycles. The van der Waals surface area contributed by atoms with Crippen molar-refractivity contribution in [2.45, 2.75) is 38.3 Å². The van der Waals surface area contributed by atoms with Crippen LogP contribution in [0.1, 0.15) is 26.7 Å². The zero-order valence-corrected chi connectivity index (χ0v) is 16.4. The van der Waals surface area contributed by atoms with E-state index in [1.807, 2.05) is 24.5 Å². The number of hydrogen-bond donors (Lipinski definition) is 2. The van der Waals surface area contributed by atoms with Crippen LogP contribution in [0.25, 0.3) is 21.0 Å². The molecule has 3 aromatic heterocycles. The molecule has 1 atom stereocenters. The van der Waals surface area contributed by atoms with E-state index in [0.29, 0.717) is 5.95 Å². The molecule has 0 aromatic carbocycles. The fraction of sp³-hybridized carbons (Fsp3) is 0.286. The zero-order valence-electron chi connectivity index (χ0n) is 15.6. The van der Waals surface area contributed by atoms with Crippen molar-refractivity contribution in [2.24, 2.45) is 0 Å². The van der Waals surface area contributed by atoms with Crippen LogP contribution in [0.15, 0.2) is 61.2 Å². The molecule has 27 heavy (non-hydrogen) atoms. The number of aromatic nitrogens is 3. The summed E-state index contributed by atoms with van der Waals surface area (Å²) in [6, 6.07) is 10.5. The molecule has 3 aromatic rings. The molecule has 1 aliphatic rings. The summed E-state index contributed by atoms with van der Waals surface area (Å²) in [6.45, 7) is 8.48. The molecule has 4 rings (SSSR count). The van der Waals surface area contributed by atoms with Crippen LogP contribution in [-0.2, 0) is 0 Å². The van der Waals surface area contributed by atoms with Gasteiger partial charge in [0.25, 0.3) is 0 Å². The number of thiophene rings is 1. The molecule has 0 radical (unpaired) electrons. The number of nitrogens with zero attached hydrogens (tertiary/aromatic N) is 3. The first kappa shape index (κ1) is 17.7. The molecule has 138 valence electrons. The van der Waals surface area contributed by atoms with Gasteiger partial charge in [-0.1, -0.05) is 12.6 Å². The van der Waals surface area contributed by atoms with Crippen LogP contribution in [0.4, 0.5) is 5.95 Å². The van der Waals surface area contributed by atoms with Crippen molar-refractivity contribution in [3.63, 3.8) is 0 Å². The Kier molecular flexibility index (Phi) is 4.66. The van der Waals surface area contributed by atoms with Crippen molar-refractivity contribution in [1.82, 2.24) is 20.3 Å². The second kappa shape index (κ2) is 7.12. The lowest BCUT2D eigenvalue weighted by Gasteiger charge is -2.38. The topological polar surface area (TPSA) is 62.7 Å². The van der Waals surface area contributed by atoms with Crippen LogP contribution in [-0.4, -0.2) is 26.5 Å². The van der Waals surface area contributed by atoms with Crippen molar-refractivity contribution < 1.29 is 0 Å². The van der Waals surface area contributed by atoms with E-state index in [2.05, 4.69) is 59.2 Å². The van der Waals surface area contributed by atoms with Gasteiger partial charge in [-0.3, -0.25) is 4.98 Å². The van der Waals surface area contributed by atoms with Gasteiger partial charge in [-0.15, -0.1) is 11.3 Å². The van der Waals surface area contributed by atoms with E-state index in [1.54, 1.807) is 17.5 Å². The van der Waals surface area contributed by atoms with E-state index in [1.165, 1.54) is 4.88 Å². The smallest absolute Gasteiger partial charge is 0.223 e. The van der Waals surface area contributed by atoms with E-state index >= 15 is 0 Å². The van der Waals surface area contributed by atoms with Gasteiger partial charge in [0, 0.05) is 52.7 Å². The molecule has 0 amide bonds. The maximum absolute atomic E-state index is 4.74. The van der Waals surface area contributed by atoms with Gasteiger partial charge in [0.1, 0.15) is 0 Å². The number of anilines is 1. The predicted octanol–water partition coefficient (Wildman–Crippen LogP) is 4.72. The van der Waals surface area contributed by atoms with E-state index in [9.17, 15) is 0 Å². The van der Waals surface area contributed by atoms with Gasteiger partial charge in [-0.2, -0.15) is 0 Å². The Bertz CT molecular complexity index is 948. The lowest BCUT2D eigenvalue weighted by atomic mass is 9.88. The van der Waals surface area contributed by atoms with Crippen molar-refractivity contribution in [3.8, 4) is 21.0 Å². The van der Waals surface area contributed by atoms with Gasteiger partial charge in [-0.05, 0) is 44.5 Å². The van der Waals surface area contributed by atoms with Crippen molar-refractivity contribution in [1.29, 1.82) is 0 Å². The second-order valence-corrected chi connectivity index (χ2v) is 8.62. The molecule has 1 aliphatic heterocycles. The molecule has 1 fully saturated rings. The monoisotopic (exact) mass is 377 g/mol. The van der Waals surface area contributed by atoms with Crippen LogP contribution < -0.4 is 10.6 Å². The van der Waals surface area contributed by atoms with Gasteiger partial charge < -0.3 is 10.6 Å². The minimum absolute atomic E-state index is 0.0248. The molecule has 0 spiro atoms. The number of hydrogen-bond acceptors (Lipinski definition) is 6. The van der Waals surface area contributed by atoms with E-state index in [4.69, 9.17) is 4.98 Å².